The lowest BCUT2D eigenvalue weighted by molar-refractivity contribution is -0.137. The van der Waals surface area contributed by atoms with E-state index in [0.29, 0.717) is 16.9 Å². The summed E-state index contributed by atoms with van der Waals surface area (Å²) in [6, 6.07) is 4.87. The van der Waals surface area contributed by atoms with Gasteiger partial charge in [0.2, 0.25) is 5.95 Å². The van der Waals surface area contributed by atoms with Crippen molar-refractivity contribution in [3.05, 3.63) is 51.5 Å². The van der Waals surface area contributed by atoms with E-state index in [2.05, 4.69) is 20.2 Å². The molecule has 0 atom stereocenters. The molecule has 12 heteroatoms. The normalized spacial score (nSPS) is 14.9. The highest BCUT2D eigenvalue weighted by Gasteiger charge is 2.36. The van der Waals surface area contributed by atoms with E-state index in [-0.39, 0.29) is 15.7 Å². The van der Waals surface area contributed by atoms with Gasteiger partial charge in [0.1, 0.15) is 5.56 Å². The Balaban J connectivity index is 1.75. The molecule has 32 heavy (non-hydrogen) atoms. The summed E-state index contributed by atoms with van der Waals surface area (Å²) in [6.07, 6.45) is -2.18. The molecule has 170 valence electrons. The van der Waals surface area contributed by atoms with Crippen LogP contribution in [0.15, 0.2) is 34.7 Å². The van der Waals surface area contributed by atoms with Crippen LogP contribution in [-0.2, 0) is 29.0 Å². The van der Waals surface area contributed by atoms with Crippen molar-refractivity contribution in [1.29, 1.82) is 0 Å². The molecule has 0 unspecified atom stereocenters. The average molecular weight is 503 g/mol. The predicted octanol–water partition coefficient (Wildman–Crippen LogP) is 5.01. The molecule has 0 saturated carbocycles. The lowest BCUT2D eigenvalue weighted by Crippen LogP contribution is -2.26. The van der Waals surface area contributed by atoms with Gasteiger partial charge in [-0.05, 0) is 42.8 Å². The van der Waals surface area contributed by atoms with Crippen molar-refractivity contribution in [1.82, 2.24) is 14.9 Å². The monoisotopic (exact) mass is 502 g/mol. The third-order valence-corrected chi connectivity index (χ3v) is 7.56. The number of alkyl halides is 3. The van der Waals surface area contributed by atoms with Crippen molar-refractivity contribution >= 4 is 44.4 Å². The van der Waals surface area contributed by atoms with E-state index >= 15 is 0 Å². The molecule has 4 rings (SSSR count). The highest BCUT2D eigenvalue weighted by Crippen LogP contribution is 2.39. The highest BCUT2D eigenvalue weighted by atomic mass is 35.5. The molecule has 0 aliphatic carbocycles. The van der Waals surface area contributed by atoms with Crippen LogP contribution in [-0.4, -0.2) is 43.1 Å². The Morgan fingerprint density at radius 2 is 1.97 bits per heavy atom. The molecule has 3 heterocycles. The van der Waals surface area contributed by atoms with Crippen LogP contribution in [0.25, 0.3) is 10.6 Å². The van der Waals surface area contributed by atoms with Crippen molar-refractivity contribution in [3.63, 3.8) is 0 Å². The summed E-state index contributed by atoms with van der Waals surface area (Å²) < 4.78 is 64.3. The molecule has 3 aromatic rings. The molecule has 6 nitrogen and oxygen atoms in total. The molecule has 1 aromatic carbocycles. The van der Waals surface area contributed by atoms with Crippen LogP contribution in [0, 0.1) is 0 Å². The van der Waals surface area contributed by atoms with E-state index < -0.39 is 27.3 Å². The number of likely N-dealkylation sites (N-methyl/N-ethyl adjacent to an activating group) is 1. The standard InChI is InChI=1S/C20H18ClF3N4O2S2/c1-28-4-3-11-5-15(21)16(6-12(11)9-28)26-19-25-8-14(20(22,23)24)18(27-19)17-7-13(10-31-17)32(2,29)30/h5-8,10H,3-4,9H2,1-2H3,(H,25,26,27). The fraction of sp³-hybridized carbons (Fsp3) is 0.300. The van der Waals surface area contributed by atoms with Gasteiger partial charge in [-0.1, -0.05) is 11.6 Å². The smallest absolute Gasteiger partial charge is 0.323 e. The lowest BCUT2D eigenvalue weighted by Gasteiger charge is -2.26. The molecule has 0 bridgehead atoms. The Morgan fingerprint density at radius 3 is 2.62 bits per heavy atom. The number of nitrogens with one attached hydrogen (secondary N) is 1. The second-order valence-electron chi connectivity index (χ2n) is 7.59. The van der Waals surface area contributed by atoms with Crippen LogP contribution >= 0.6 is 22.9 Å². The number of hydrogen-bond donors (Lipinski definition) is 1. The van der Waals surface area contributed by atoms with E-state index in [1.165, 1.54) is 11.4 Å². The number of thiophene rings is 1. The van der Waals surface area contributed by atoms with Gasteiger partial charge in [-0.25, -0.2) is 18.4 Å². The average Bonchev–Trinajstić information content (AvgIpc) is 3.19. The van der Waals surface area contributed by atoms with Gasteiger partial charge in [-0.3, -0.25) is 0 Å². The first kappa shape index (κ1) is 23.0. The SMILES string of the molecule is CN1CCc2cc(Cl)c(Nc3ncc(C(F)(F)F)c(-c4cc(S(C)(=O)=O)cs4)n3)cc2C1. The van der Waals surface area contributed by atoms with Gasteiger partial charge in [0.15, 0.2) is 9.84 Å². The quantitative estimate of drug-likeness (QED) is 0.540. The van der Waals surface area contributed by atoms with Gasteiger partial charge in [-0.2, -0.15) is 13.2 Å². The van der Waals surface area contributed by atoms with E-state index in [0.717, 1.165) is 48.2 Å². The van der Waals surface area contributed by atoms with Crippen LogP contribution in [0.3, 0.4) is 0 Å². The van der Waals surface area contributed by atoms with Crippen LogP contribution in [0.5, 0.6) is 0 Å². The maximum absolute atomic E-state index is 13.6. The van der Waals surface area contributed by atoms with Crippen molar-refractivity contribution in [2.24, 2.45) is 0 Å². The molecule has 1 aliphatic heterocycles. The van der Waals surface area contributed by atoms with E-state index in [1.807, 2.05) is 19.2 Å². The second-order valence-corrected chi connectivity index (χ2v) is 10.9. The minimum atomic E-state index is -4.71. The van der Waals surface area contributed by atoms with Crippen LogP contribution < -0.4 is 5.32 Å². The molecule has 0 radical (unpaired) electrons. The molecule has 1 aliphatic rings. The summed E-state index contributed by atoms with van der Waals surface area (Å²) in [5.74, 6) is -0.0756. The summed E-state index contributed by atoms with van der Waals surface area (Å²) in [7, 11) is -1.57. The summed E-state index contributed by atoms with van der Waals surface area (Å²) in [5.41, 5.74) is 1.22. The number of aromatic nitrogens is 2. The highest BCUT2D eigenvalue weighted by molar-refractivity contribution is 7.90. The maximum Gasteiger partial charge on any atom is 0.420 e. The molecular weight excluding hydrogens is 485 g/mol. The van der Waals surface area contributed by atoms with Gasteiger partial charge in [-0.15, -0.1) is 11.3 Å². The van der Waals surface area contributed by atoms with E-state index in [4.69, 9.17) is 11.6 Å². The Bertz CT molecular complexity index is 1290. The Kier molecular flexibility index (Phi) is 5.95. The third-order valence-electron chi connectivity index (χ3n) is 5.07. The second kappa shape index (κ2) is 8.29. The largest absolute Gasteiger partial charge is 0.420 e. The number of hydrogen-bond acceptors (Lipinski definition) is 7. The van der Waals surface area contributed by atoms with Crippen molar-refractivity contribution in [3.8, 4) is 10.6 Å². The first-order valence-electron chi connectivity index (χ1n) is 9.42. The third kappa shape index (κ3) is 4.75. The van der Waals surface area contributed by atoms with Gasteiger partial charge in [0.05, 0.1) is 26.2 Å². The van der Waals surface area contributed by atoms with Gasteiger partial charge in [0, 0.05) is 30.9 Å². The number of nitrogens with zero attached hydrogens (tertiary/aromatic N) is 3. The Morgan fingerprint density at radius 1 is 1.22 bits per heavy atom. The van der Waals surface area contributed by atoms with E-state index in [9.17, 15) is 21.6 Å². The number of rotatable bonds is 4. The summed E-state index contributed by atoms with van der Waals surface area (Å²) in [4.78, 5) is 10.1. The summed E-state index contributed by atoms with van der Waals surface area (Å²) >= 11 is 7.25. The topological polar surface area (TPSA) is 75.2 Å². The number of halogens is 4. The molecule has 0 fully saturated rings. The molecule has 2 aromatic heterocycles. The first-order chi connectivity index (χ1) is 14.9. The number of sulfone groups is 1. The number of anilines is 2. The van der Waals surface area contributed by atoms with Crippen LogP contribution in [0.2, 0.25) is 5.02 Å². The minimum Gasteiger partial charge on any atom is -0.323 e. The fourth-order valence-corrected chi connectivity index (χ4v) is 5.67. The predicted molar refractivity (Wildman–Crippen MR) is 118 cm³/mol. The molecular formula is C20H18ClF3N4O2S2. The van der Waals surface area contributed by atoms with Crippen molar-refractivity contribution in [2.75, 3.05) is 25.2 Å². The Hall–Kier alpha value is -2.21. The maximum atomic E-state index is 13.6. The molecule has 0 amide bonds. The first-order valence-corrected chi connectivity index (χ1v) is 12.6. The summed E-state index contributed by atoms with van der Waals surface area (Å²) in [5, 5.41) is 4.61. The van der Waals surface area contributed by atoms with Crippen molar-refractivity contribution < 1.29 is 21.6 Å². The van der Waals surface area contributed by atoms with Gasteiger partial charge in [0.25, 0.3) is 0 Å². The fourth-order valence-electron chi connectivity index (χ4n) is 3.41. The van der Waals surface area contributed by atoms with Gasteiger partial charge >= 0.3 is 6.18 Å². The molecule has 1 N–H and O–H groups in total. The minimum absolute atomic E-state index is 0.0689. The van der Waals surface area contributed by atoms with Gasteiger partial charge < -0.3 is 10.2 Å². The lowest BCUT2D eigenvalue weighted by atomic mass is 9.99. The van der Waals surface area contributed by atoms with E-state index in [1.54, 1.807) is 0 Å². The zero-order valence-corrected chi connectivity index (χ0v) is 19.4. The summed E-state index contributed by atoms with van der Waals surface area (Å²) in [6.45, 7) is 1.64. The molecule has 0 saturated heterocycles. The Labute approximate surface area is 192 Å². The zero-order chi connectivity index (χ0) is 23.3. The number of fused-ring (bicyclic) bond motifs is 1. The van der Waals surface area contributed by atoms with Crippen LogP contribution in [0.1, 0.15) is 16.7 Å². The van der Waals surface area contributed by atoms with Crippen LogP contribution in [0.4, 0.5) is 24.8 Å². The molecule has 0 spiro atoms. The zero-order valence-electron chi connectivity index (χ0n) is 17.0. The van der Waals surface area contributed by atoms with Crippen molar-refractivity contribution in [2.45, 2.75) is 24.0 Å². The number of benzene rings is 1.